The van der Waals surface area contributed by atoms with E-state index in [0.29, 0.717) is 16.1 Å². The van der Waals surface area contributed by atoms with E-state index >= 15 is 0 Å². The lowest BCUT2D eigenvalue weighted by Crippen LogP contribution is -2.38. The lowest BCUT2D eigenvalue weighted by Gasteiger charge is -2.40. The summed E-state index contributed by atoms with van der Waals surface area (Å²) in [6.07, 6.45) is 9.41. The Morgan fingerprint density at radius 2 is 1.62 bits per heavy atom. The highest BCUT2D eigenvalue weighted by atomic mass is 35.5. The van der Waals surface area contributed by atoms with Crippen LogP contribution in [0.15, 0.2) is 12.4 Å². The zero-order valence-corrected chi connectivity index (χ0v) is 21.6. The van der Waals surface area contributed by atoms with Gasteiger partial charge in [-0.3, -0.25) is 4.98 Å². The maximum absolute atomic E-state index is 6.87. The van der Waals surface area contributed by atoms with Gasteiger partial charge < -0.3 is 9.16 Å². The second-order valence-corrected chi connectivity index (χ2v) is 15.0. The predicted molar refractivity (Wildman–Crippen MR) is 126 cm³/mol. The van der Waals surface area contributed by atoms with Gasteiger partial charge in [0.2, 0.25) is 0 Å². The average Bonchev–Trinajstić information content (AvgIpc) is 2.62. The van der Waals surface area contributed by atoms with Crippen LogP contribution in [-0.2, 0) is 9.16 Å². The van der Waals surface area contributed by atoms with E-state index < -0.39 is 8.32 Å². The van der Waals surface area contributed by atoms with Gasteiger partial charge in [0.25, 0.3) is 0 Å². The Hall–Kier alpha value is -0.133. The minimum absolute atomic E-state index is 0.0359. The van der Waals surface area contributed by atoms with Gasteiger partial charge in [-0.1, -0.05) is 56.8 Å². The van der Waals surface area contributed by atoms with Gasteiger partial charge >= 0.3 is 0 Å². The Balaban J connectivity index is 2.00. The summed E-state index contributed by atoms with van der Waals surface area (Å²) in [5.41, 5.74) is 0.885. The number of hydrogen-bond acceptors (Lipinski definition) is 3. The summed E-state index contributed by atoms with van der Waals surface area (Å²) in [6.45, 7) is 13.2. The fourth-order valence-corrected chi connectivity index (χ4v) is 7.84. The van der Waals surface area contributed by atoms with E-state index in [2.05, 4.69) is 46.5 Å². The van der Waals surface area contributed by atoms with Crippen molar-refractivity contribution in [2.45, 2.75) is 110 Å². The van der Waals surface area contributed by atoms with Crippen molar-refractivity contribution in [1.29, 1.82) is 0 Å². The van der Waals surface area contributed by atoms with Crippen LogP contribution in [-0.4, -0.2) is 25.0 Å². The summed E-state index contributed by atoms with van der Waals surface area (Å²) in [5, 5.41) is 1.24. The zero-order chi connectivity index (χ0) is 21.7. The lowest BCUT2D eigenvalue weighted by atomic mass is 9.78. The normalized spacial score (nSPS) is 21.1. The van der Waals surface area contributed by atoms with Crippen molar-refractivity contribution in [3.05, 3.63) is 28.0 Å². The number of aromatic nitrogens is 1. The van der Waals surface area contributed by atoms with Gasteiger partial charge in [-0.05, 0) is 64.1 Å². The molecule has 1 heterocycles. The Bertz CT molecular complexity index is 612. The summed E-state index contributed by atoms with van der Waals surface area (Å²) in [5.74, 6) is 0.761. The van der Waals surface area contributed by atoms with Gasteiger partial charge in [0.15, 0.2) is 8.32 Å². The van der Waals surface area contributed by atoms with Crippen LogP contribution in [0.1, 0.15) is 85.3 Å². The highest BCUT2D eigenvalue weighted by molar-refractivity contribution is 6.73. The van der Waals surface area contributed by atoms with Crippen LogP contribution in [0.2, 0.25) is 28.2 Å². The van der Waals surface area contributed by atoms with Gasteiger partial charge in [-0.15, -0.1) is 0 Å². The summed E-state index contributed by atoms with van der Waals surface area (Å²) < 4.78 is 13.0. The third kappa shape index (κ3) is 7.21. The third-order valence-electron chi connectivity index (χ3n) is 6.33. The number of nitrogens with zero attached hydrogens (tertiary/aromatic N) is 1. The second-order valence-electron chi connectivity index (χ2n) is 9.49. The smallest absolute Gasteiger partial charge is 0.192 e. The first kappa shape index (κ1) is 25.1. The monoisotopic (exact) mass is 459 g/mol. The van der Waals surface area contributed by atoms with E-state index in [1.165, 1.54) is 19.3 Å². The Morgan fingerprint density at radius 1 is 1.07 bits per heavy atom. The quantitative estimate of drug-likeness (QED) is 0.312. The Labute approximate surface area is 189 Å². The molecule has 0 saturated heterocycles. The predicted octanol–water partition coefficient (Wildman–Crippen LogP) is 8.22. The molecule has 0 radical (unpaired) electrons. The molecule has 0 spiro atoms. The van der Waals surface area contributed by atoms with E-state index in [4.69, 9.17) is 32.4 Å². The number of halogens is 2. The van der Waals surface area contributed by atoms with Crippen LogP contribution in [0.4, 0.5) is 0 Å². The highest BCUT2D eigenvalue weighted by Gasteiger charge is 2.35. The fourth-order valence-electron chi connectivity index (χ4n) is 4.39. The van der Waals surface area contributed by atoms with Crippen LogP contribution < -0.4 is 0 Å². The second kappa shape index (κ2) is 10.9. The molecule has 0 aliphatic heterocycles. The van der Waals surface area contributed by atoms with Crippen LogP contribution >= 0.6 is 23.2 Å². The van der Waals surface area contributed by atoms with E-state index in [0.717, 1.165) is 42.5 Å². The van der Waals surface area contributed by atoms with Crippen molar-refractivity contribution < 1.29 is 9.16 Å². The lowest BCUT2D eigenvalue weighted by molar-refractivity contribution is -0.113. The van der Waals surface area contributed by atoms with Gasteiger partial charge in [0.05, 0.1) is 27.9 Å². The van der Waals surface area contributed by atoms with Crippen LogP contribution in [0.25, 0.3) is 0 Å². The molecule has 6 heteroatoms. The number of pyridine rings is 1. The van der Waals surface area contributed by atoms with Gasteiger partial charge in [0.1, 0.15) is 0 Å². The third-order valence-corrected chi connectivity index (χ3v) is 11.6. The first-order chi connectivity index (χ1) is 13.6. The van der Waals surface area contributed by atoms with Crippen molar-refractivity contribution in [1.82, 2.24) is 4.98 Å². The summed E-state index contributed by atoms with van der Waals surface area (Å²) >= 11 is 13.0. The molecule has 1 unspecified atom stereocenters. The van der Waals surface area contributed by atoms with Gasteiger partial charge in [-0.25, -0.2) is 0 Å². The highest BCUT2D eigenvalue weighted by Crippen LogP contribution is 2.41. The van der Waals surface area contributed by atoms with Crippen molar-refractivity contribution >= 4 is 31.5 Å². The molecular formula is C23H39Cl2NO2Si. The minimum Gasteiger partial charge on any atom is -0.410 e. The molecule has 3 nitrogen and oxygen atoms in total. The number of hydrogen-bond donors (Lipinski definition) is 0. The molecule has 1 fully saturated rings. The molecule has 1 aromatic heterocycles. The molecule has 1 saturated carbocycles. The van der Waals surface area contributed by atoms with Gasteiger partial charge in [0, 0.05) is 18.0 Å². The summed E-state index contributed by atoms with van der Waals surface area (Å²) in [4.78, 5) is 4.13. The van der Waals surface area contributed by atoms with Crippen LogP contribution in [0, 0.1) is 5.92 Å². The van der Waals surface area contributed by atoms with Crippen molar-refractivity contribution in [3.8, 4) is 0 Å². The topological polar surface area (TPSA) is 31.4 Å². The van der Waals surface area contributed by atoms with E-state index in [-0.39, 0.29) is 11.7 Å². The minimum atomic E-state index is -1.78. The maximum atomic E-state index is 6.87. The fraction of sp³-hybridized carbons (Fsp3) is 0.783. The van der Waals surface area contributed by atoms with Crippen molar-refractivity contribution in [2.24, 2.45) is 5.92 Å². The van der Waals surface area contributed by atoms with Crippen LogP contribution in [0.3, 0.4) is 0 Å². The molecule has 1 aromatic rings. The molecule has 1 aliphatic carbocycles. The summed E-state index contributed by atoms with van der Waals surface area (Å²) in [6, 6.07) is 3.35. The van der Waals surface area contributed by atoms with Gasteiger partial charge in [-0.2, -0.15) is 0 Å². The molecule has 0 amide bonds. The van der Waals surface area contributed by atoms with Crippen molar-refractivity contribution in [3.63, 3.8) is 0 Å². The molecule has 2 rings (SSSR count). The zero-order valence-electron chi connectivity index (χ0n) is 19.1. The standard InChI is InChI=1S/C23H39Cl2NO2Si/c1-7-29(8-2,9-3)28-21(22-19(24)15-26-16-20(22)25)12-10-11-17-13-18(14-17)27-23(4,5)6/h15-18,21H,7-14H2,1-6H3. The molecule has 0 bridgehead atoms. The number of ether oxygens (including phenoxy) is 1. The van der Waals surface area contributed by atoms with E-state index in [1.807, 2.05) is 0 Å². The molecule has 166 valence electrons. The maximum Gasteiger partial charge on any atom is 0.192 e. The Morgan fingerprint density at radius 3 is 2.10 bits per heavy atom. The molecule has 1 aliphatic rings. The summed E-state index contributed by atoms with van der Waals surface area (Å²) in [7, 11) is -1.78. The molecule has 1 atom stereocenters. The van der Waals surface area contributed by atoms with Crippen molar-refractivity contribution in [2.75, 3.05) is 0 Å². The first-order valence-corrected chi connectivity index (χ1v) is 14.6. The number of rotatable bonds is 11. The molecule has 29 heavy (non-hydrogen) atoms. The largest absolute Gasteiger partial charge is 0.410 e. The molecular weight excluding hydrogens is 421 g/mol. The molecule has 0 N–H and O–H groups in total. The van der Waals surface area contributed by atoms with E-state index in [9.17, 15) is 0 Å². The average molecular weight is 461 g/mol. The Kier molecular flexibility index (Phi) is 9.49. The van der Waals surface area contributed by atoms with E-state index in [1.54, 1.807) is 12.4 Å². The first-order valence-electron chi connectivity index (χ1n) is 11.3. The molecule has 0 aromatic carbocycles. The van der Waals surface area contributed by atoms with Crippen LogP contribution in [0.5, 0.6) is 0 Å². The SMILES string of the molecule is CC[Si](CC)(CC)OC(CCCC1CC(OC(C)(C)C)C1)c1c(Cl)cncc1Cl.